The van der Waals surface area contributed by atoms with E-state index < -0.39 is 33.8 Å². The molecule has 0 rings (SSSR count). The fourth-order valence-corrected chi connectivity index (χ4v) is 19.6. The number of rotatable bonds is 10. The fraction of sp³-hybridized carbons (Fsp3) is 0.812. The molecule has 0 fully saturated rings. The quantitative estimate of drug-likeness (QED) is 0.451. The molecule has 0 aliphatic rings. The minimum Gasteiger partial charge on any atom is -0.437 e. The van der Waals surface area contributed by atoms with Gasteiger partial charge in [-0.1, -0.05) is 5.70 Å². The molecule has 0 aromatic rings. The first-order valence-corrected chi connectivity index (χ1v) is 20.3. The van der Waals surface area contributed by atoms with Crippen molar-refractivity contribution >= 4 is 33.8 Å². The Morgan fingerprint density at radius 3 is 1.71 bits per heavy atom. The van der Waals surface area contributed by atoms with Gasteiger partial charge in [-0.2, -0.15) is 5.26 Å². The van der Waals surface area contributed by atoms with Crippen LogP contribution in [-0.4, -0.2) is 33.8 Å². The molecular formula is C16H37NO3Si4. The Kier molecular flexibility index (Phi) is 8.11. The third kappa shape index (κ3) is 10.1. The SMILES string of the molecule is C=C[Si](C)(O[Si](C)(C)C)O[Si](C)(CCC(C)(C)C#N)O[Si](C)(C)C. The number of nitriles is 1. The molecular weight excluding hydrogens is 367 g/mol. The van der Waals surface area contributed by atoms with E-state index in [1.54, 1.807) is 0 Å². The van der Waals surface area contributed by atoms with E-state index in [4.69, 9.17) is 12.3 Å². The van der Waals surface area contributed by atoms with E-state index in [-0.39, 0.29) is 5.41 Å². The van der Waals surface area contributed by atoms with Crippen molar-refractivity contribution in [2.75, 3.05) is 0 Å². The van der Waals surface area contributed by atoms with Crippen LogP contribution in [0.4, 0.5) is 0 Å². The van der Waals surface area contributed by atoms with Crippen molar-refractivity contribution in [1.82, 2.24) is 0 Å². The molecule has 0 radical (unpaired) electrons. The van der Waals surface area contributed by atoms with E-state index in [2.05, 4.69) is 65.0 Å². The highest BCUT2D eigenvalue weighted by atomic mass is 28.5. The minimum atomic E-state index is -2.50. The van der Waals surface area contributed by atoms with E-state index in [9.17, 15) is 5.26 Å². The Balaban J connectivity index is 5.46. The predicted octanol–water partition coefficient (Wildman–Crippen LogP) is 5.52. The van der Waals surface area contributed by atoms with Gasteiger partial charge in [-0.3, -0.25) is 0 Å². The number of nitrogens with zero attached hydrogens (tertiary/aromatic N) is 1. The fourth-order valence-electron chi connectivity index (χ4n) is 2.51. The summed E-state index contributed by atoms with van der Waals surface area (Å²) in [5, 5.41) is 9.32. The van der Waals surface area contributed by atoms with Crippen LogP contribution in [0, 0.1) is 16.7 Å². The number of hydrogen-bond donors (Lipinski definition) is 0. The molecule has 0 amide bonds. The summed E-state index contributed by atoms with van der Waals surface area (Å²) in [5.41, 5.74) is 1.51. The maximum atomic E-state index is 9.32. The first-order valence-electron chi connectivity index (χ1n) is 8.60. The second kappa shape index (κ2) is 8.12. The summed E-state index contributed by atoms with van der Waals surface area (Å²) in [6, 6.07) is 3.18. The summed E-state index contributed by atoms with van der Waals surface area (Å²) < 4.78 is 19.6. The van der Waals surface area contributed by atoms with Crippen LogP contribution in [0.1, 0.15) is 20.3 Å². The molecule has 24 heavy (non-hydrogen) atoms. The van der Waals surface area contributed by atoms with Crippen molar-refractivity contribution in [2.24, 2.45) is 5.41 Å². The Hall–Kier alpha value is -0.0225. The highest BCUT2D eigenvalue weighted by Crippen LogP contribution is 2.32. The van der Waals surface area contributed by atoms with Crippen LogP contribution in [0.5, 0.6) is 0 Å². The highest BCUT2D eigenvalue weighted by Gasteiger charge is 2.46. The Labute approximate surface area is 154 Å². The zero-order valence-electron chi connectivity index (χ0n) is 17.4. The van der Waals surface area contributed by atoms with Gasteiger partial charge in [0, 0.05) is 0 Å². The maximum Gasteiger partial charge on any atom is 0.342 e. The van der Waals surface area contributed by atoms with Crippen LogP contribution in [-0.2, 0) is 12.3 Å². The molecule has 0 heterocycles. The zero-order chi connectivity index (χ0) is 19.4. The van der Waals surface area contributed by atoms with Crippen molar-refractivity contribution in [3.63, 3.8) is 0 Å². The molecule has 2 unspecified atom stereocenters. The van der Waals surface area contributed by atoms with E-state index in [0.29, 0.717) is 0 Å². The molecule has 0 aliphatic carbocycles. The van der Waals surface area contributed by atoms with Crippen molar-refractivity contribution < 1.29 is 12.3 Å². The molecule has 4 nitrogen and oxygen atoms in total. The molecule has 2 atom stereocenters. The monoisotopic (exact) mass is 403 g/mol. The maximum absolute atomic E-state index is 9.32. The molecule has 0 aliphatic heterocycles. The van der Waals surface area contributed by atoms with Crippen LogP contribution in [0.25, 0.3) is 0 Å². The lowest BCUT2D eigenvalue weighted by Gasteiger charge is -2.42. The molecule has 8 heteroatoms. The summed E-state index contributed by atoms with van der Waals surface area (Å²) in [4.78, 5) is 0. The second-order valence-corrected chi connectivity index (χ2v) is 25.5. The van der Waals surface area contributed by atoms with E-state index >= 15 is 0 Å². The van der Waals surface area contributed by atoms with E-state index in [0.717, 1.165) is 12.5 Å². The van der Waals surface area contributed by atoms with Crippen LogP contribution in [0.2, 0.25) is 58.4 Å². The molecule has 0 spiro atoms. The smallest absolute Gasteiger partial charge is 0.342 e. The topological polar surface area (TPSA) is 51.5 Å². The van der Waals surface area contributed by atoms with Gasteiger partial charge in [-0.25, -0.2) is 0 Å². The first-order chi connectivity index (χ1) is 10.4. The van der Waals surface area contributed by atoms with E-state index in [1.165, 1.54) is 0 Å². The molecule has 0 N–H and O–H groups in total. The summed E-state index contributed by atoms with van der Waals surface area (Å²) >= 11 is 0. The molecule has 0 saturated carbocycles. The summed E-state index contributed by atoms with van der Waals surface area (Å²) in [7, 11) is -8.49. The largest absolute Gasteiger partial charge is 0.437 e. The van der Waals surface area contributed by atoms with Gasteiger partial charge in [0.05, 0.1) is 11.5 Å². The van der Waals surface area contributed by atoms with Crippen molar-refractivity contribution in [2.45, 2.75) is 78.7 Å². The van der Waals surface area contributed by atoms with Gasteiger partial charge >= 0.3 is 17.1 Å². The van der Waals surface area contributed by atoms with Crippen molar-refractivity contribution in [1.29, 1.82) is 5.26 Å². The minimum absolute atomic E-state index is 0.369. The highest BCUT2D eigenvalue weighted by molar-refractivity contribution is 6.91. The van der Waals surface area contributed by atoms with Crippen LogP contribution in [0.3, 0.4) is 0 Å². The van der Waals surface area contributed by atoms with Gasteiger partial charge in [0.1, 0.15) is 0 Å². The lowest BCUT2D eigenvalue weighted by Crippen LogP contribution is -2.57. The van der Waals surface area contributed by atoms with Crippen LogP contribution < -0.4 is 0 Å². The van der Waals surface area contributed by atoms with Crippen molar-refractivity contribution in [3.8, 4) is 6.07 Å². The summed E-state index contributed by atoms with van der Waals surface area (Å²) in [5.74, 6) is 0. The van der Waals surface area contributed by atoms with Gasteiger partial charge in [0.2, 0.25) is 0 Å². The van der Waals surface area contributed by atoms with Gasteiger partial charge < -0.3 is 12.3 Å². The molecule has 0 aromatic carbocycles. The van der Waals surface area contributed by atoms with Gasteiger partial charge in [0.25, 0.3) is 0 Å². The zero-order valence-corrected chi connectivity index (χ0v) is 21.4. The van der Waals surface area contributed by atoms with E-state index in [1.807, 2.05) is 19.5 Å². The van der Waals surface area contributed by atoms with Gasteiger partial charge in [0.15, 0.2) is 16.6 Å². The van der Waals surface area contributed by atoms with Crippen LogP contribution in [0.15, 0.2) is 12.3 Å². The molecule has 0 bridgehead atoms. The lowest BCUT2D eigenvalue weighted by atomic mass is 9.93. The Morgan fingerprint density at radius 2 is 1.38 bits per heavy atom. The lowest BCUT2D eigenvalue weighted by molar-refractivity contribution is 0.319. The summed E-state index contributed by atoms with van der Waals surface area (Å²) in [6.45, 7) is 25.2. The average Bonchev–Trinajstić information content (AvgIpc) is 2.32. The van der Waals surface area contributed by atoms with Gasteiger partial charge in [-0.15, -0.1) is 6.58 Å². The normalized spacial score (nSPS) is 18.4. The van der Waals surface area contributed by atoms with Gasteiger partial charge in [-0.05, 0) is 78.7 Å². The molecule has 0 aromatic heterocycles. The third-order valence-electron chi connectivity index (χ3n) is 3.33. The predicted molar refractivity (Wildman–Crippen MR) is 112 cm³/mol. The standard InChI is InChI=1S/C16H37NO3Si4/c1-12-23(10,18-21(4,5)6)20-24(11,19-22(7,8)9)14-13-16(2,3)15-17/h12H,1,13-14H2,2-11H3. The van der Waals surface area contributed by atoms with Crippen molar-refractivity contribution in [3.05, 3.63) is 12.3 Å². The molecule has 0 saturated heterocycles. The van der Waals surface area contributed by atoms with Crippen LogP contribution >= 0.6 is 0 Å². The number of hydrogen-bond acceptors (Lipinski definition) is 4. The Morgan fingerprint density at radius 1 is 0.917 bits per heavy atom. The second-order valence-electron chi connectivity index (χ2n) is 9.38. The molecule has 140 valence electrons. The Bertz CT molecular complexity index is 479. The average molecular weight is 404 g/mol. The third-order valence-corrected chi connectivity index (χ3v) is 16.8. The first kappa shape index (κ1) is 24.0. The summed E-state index contributed by atoms with van der Waals surface area (Å²) in [6.07, 6.45) is 0.769.